The summed E-state index contributed by atoms with van der Waals surface area (Å²) in [6.07, 6.45) is 5.37. The Kier molecular flexibility index (Phi) is 4.83. The number of aliphatic hydroxyl groups is 1. The van der Waals surface area contributed by atoms with Gasteiger partial charge in [0.05, 0.1) is 12.7 Å². The van der Waals surface area contributed by atoms with Crippen LogP contribution in [0, 0.1) is 0 Å². The second-order valence-electron chi connectivity index (χ2n) is 5.63. The maximum absolute atomic E-state index is 10.5. The minimum Gasteiger partial charge on any atom is -0.496 e. The highest BCUT2D eigenvalue weighted by molar-refractivity contribution is 5.35. The van der Waals surface area contributed by atoms with Crippen LogP contribution >= 0.6 is 0 Å². The second kappa shape index (κ2) is 6.40. The molecule has 0 unspecified atom stereocenters. The first-order valence-corrected chi connectivity index (χ1v) is 7.23. The summed E-state index contributed by atoms with van der Waals surface area (Å²) in [4.78, 5) is 0. The zero-order valence-electron chi connectivity index (χ0n) is 12.0. The number of benzene rings is 1. The summed E-state index contributed by atoms with van der Waals surface area (Å²) in [5.74, 6) is 0.901. The van der Waals surface area contributed by atoms with E-state index in [1.165, 1.54) is 6.42 Å². The summed E-state index contributed by atoms with van der Waals surface area (Å²) in [6.45, 7) is 2.77. The summed E-state index contributed by atoms with van der Waals surface area (Å²) in [5, 5.41) is 14.0. The van der Waals surface area contributed by atoms with Crippen molar-refractivity contribution in [1.82, 2.24) is 5.32 Å². The van der Waals surface area contributed by atoms with E-state index in [1.54, 1.807) is 7.11 Å². The maximum atomic E-state index is 10.5. The minimum atomic E-state index is -0.519. The largest absolute Gasteiger partial charge is 0.496 e. The van der Waals surface area contributed by atoms with E-state index >= 15 is 0 Å². The van der Waals surface area contributed by atoms with E-state index in [2.05, 4.69) is 18.3 Å². The van der Waals surface area contributed by atoms with Crippen LogP contribution in [0.5, 0.6) is 5.75 Å². The molecule has 0 bridgehead atoms. The van der Waals surface area contributed by atoms with Crippen LogP contribution in [0.15, 0.2) is 24.3 Å². The molecule has 0 saturated heterocycles. The molecule has 0 aliphatic heterocycles. The van der Waals surface area contributed by atoms with Gasteiger partial charge in [-0.1, -0.05) is 37.5 Å². The minimum absolute atomic E-state index is 0.183. The van der Waals surface area contributed by atoms with Crippen molar-refractivity contribution in [3.8, 4) is 5.75 Å². The molecular formula is C16H25NO2. The molecule has 1 aromatic carbocycles. The average Bonchev–Trinajstić information content (AvgIpc) is 2.45. The smallest absolute Gasteiger partial charge is 0.123 e. The van der Waals surface area contributed by atoms with Crippen LogP contribution in [0.2, 0.25) is 0 Å². The fraction of sp³-hybridized carbons (Fsp3) is 0.625. The SMILES string of the molecule is COc1ccccc1[C@@H](C)NCC1(O)CCCCC1. The quantitative estimate of drug-likeness (QED) is 0.858. The van der Waals surface area contributed by atoms with Crippen molar-refractivity contribution < 1.29 is 9.84 Å². The Balaban J connectivity index is 1.95. The normalized spacial score (nSPS) is 19.9. The molecule has 19 heavy (non-hydrogen) atoms. The van der Waals surface area contributed by atoms with Crippen LogP contribution in [-0.4, -0.2) is 24.4 Å². The van der Waals surface area contributed by atoms with E-state index in [0.717, 1.165) is 37.0 Å². The molecule has 106 valence electrons. The fourth-order valence-corrected chi connectivity index (χ4v) is 2.86. The summed E-state index contributed by atoms with van der Waals surface area (Å²) in [6, 6.07) is 8.22. The number of ether oxygens (including phenoxy) is 1. The standard InChI is InChI=1S/C16H25NO2/c1-13(14-8-4-5-9-15(14)19-2)17-12-16(18)10-6-3-7-11-16/h4-5,8-9,13,17-18H,3,6-7,10-12H2,1-2H3/t13-/m1/s1. The summed E-state index contributed by atoms with van der Waals surface area (Å²) < 4.78 is 5.38. The number of nitrogens with one attached hydrogen (secondary N) is 1. The molecule has 1 fully saturated rings. The van der Waals surface area contributed by atoms with Gasteiger partial charge in [-0.25, -0.2) is 0 Å². The Hall–Kier alpha value is -1.06. The van der Waals surface area contributed by atoms with Gasteiger partial charge < -0.3 is 15.2 Å². The summed E-state index contributed by atoms with van der Waals surface area (Å²) in [7, 11) is 1.69. The van der Waals surface area contributed by atoms with Gasteiger partial charge in [0, 0.05) is 18.2 Å². The van der Waals surface area contributed by atoms with Crippen LogP contribution in [0.25, 0.3) is 0 Å². The van der Waals surface area contributed by atoms with E-state index in [1.807, 2.05) is 18.2 Å². The predicted octanol–water partition coefficient (Wildman–Crippen LogP) is 3.04. The summed E-state index contributed by atoms with van der Waals surface area (Å²) >= 11 is 0. The maximum Gasteiger partial charge on any atom is 0.123 e. The highest BCUT2D eigenvalue weighted by atomic mass is 16.5. The van der Waals surface area contributed by atoms with E-state index in [4.69, 9.17) is 4.74 Å². The third-order valence-electron chi connectivity index (χ3n) is 4.13. The zero-order chi connectivity index (χ0) is 13.7. The lowest BCUT2D eigenvalue weighted by molar-refractivity contribution is 0.00295. The Morgan fingerprint density at radius 3 is 2.63 bits per heavy atom. The van der Waals surface area contributed by atoms with Crippen LogP contribution in [0.1, 0.15) is 50.6 Å². The Bertz CT molecular complexity index is 399. The average molecular weight is 263 g/mol. The van der Waals surface area contributed by atoms with Gasteiger partial charge in [0.25, 0.3) is 0 Å². The Labute approximate surface area is 116 Å². The van der Waals surface area contributed by atoms with Crippen molar-refractivity contribution in [2.75, 3.05) is 13.7 Å². The number of hydrogen-bond acceptors (Lipinski definition) is 3. The lowest BCUT2D eigenvalue weighted by Crippen LogP contribution is -2.42. The van der Waals surface area contributed by atoms with Gasteiger partial charge in [0.2, 0.25) is 0 Å². The molecule has 3 nitrogen and oxygen atoms in total. The molecule has 0 spiro atoms. The van der Waals surface area contributed by atoms with Gasteiger partial charge in [-0.15, -0.1) is 0 Å². The zero-order valence-corrected chi connectivity index (χ0v) is 12.0. The van der Waals surface area contributed by atoms with E-state index in [0.29, 0.717) is 6.54 Å². The van der Waals surface area contributed by atoms with Crippen LogP contribution in [-0.2, 0) is 0 Å². The highest BCUT2D eigenvalue weighted by Gasteiger charge is 2.29. The molecule has 1 atom stereocenters. The molecule has 1 aliphatic rings. The highest BCUT2D eigenvalue weighted by Crippen LogP contribution is 2.29. The molecule has 1 aromatic rings. The number of methoxy groups -OCH3 is 1. The molecule has 0 radical (unpaired) electrons. The fourth-order valence-electron chi connectivity index (χ4n) is 2.86. The first-order valence-electron chi connectivity index (χ1n) is 7.23. The van der Waals surface area contributed by atoms with Gasteiger partial charge in [-0.05, 0) is 25.8 Å². The van der Waals surface area contributed by atoms with Gasteiger partial charge >= 0.3 is 0 Å². The first kappa shape index (κ1) is 14.4. The van der Waals surface area contributed by atoms with Crippen molar-refractivity contribution in [2.24, 2.45) is 0 Å². The molecule has 2 N–H and O–H groups in total. The molecule has 3 heteroatoms. The van der Waals surface area contributed by atoms with Crippen LogP contribution in [0.4, 0.5) is 0 Å². The van der Waals surface area contributed by atoms with Crippen molar-refractivity contribution in [3.05, 3.63) is 29.8 Å². The lowest BCUT2D eigenvalue weighted by atomic mass is 9.84. The number of hydrogen-bond donors (Lipinski definition) is 2. The third kappa shape index (κ3) is 3.71. The van der Waals surface area contributed by atoms with Gasteiger partial charge in [0.1, 0.15) is 5.75 Å². The number of para-hydroxylation sites is 1. The molecule has 0 aromatic heterocycles. The van der Waals surface area contributed by atoms with Gasteiger partial charge in [-0.2, -0.15) is 0 Å². The second-order valence-corrected chi connectivity index (χ2v) is 5.63. The Morgan fingerprint density at radius 2 is 1.95 bits per heavy atom. The molecule has 0 amide bonds. The monoisotopic (exact) mass is 263 g/mol. The molecule has 0 heterocycles. The van der Waals surface area contributed by atoms with Gasteiger partial charge in [-0.3, -0.25) is 0 Å². The number of rotatable bonds is 5. The topological polar surface area (TPSA) is 41.5 Å². The molecule has 1 saturated carbocycles. The molecule has 2 rings (SSSR count). The van der Waals surface area contributed by atoms with Crippen molar-refractivity contribution in [1.29, 1.82) is 0 Å². The van der Waals surface area contributed by atoms with Crippen LogP contribution < -0.4 is 10.1 Å². The van der Waals surface area contributed by atoms with Crippen molar-refractivity contribution >= 4 is 0 Å². The predicted molar refractivity (Wildman–Crippen MR) is 77.4 cm³/mol. The van der Waals surface area contributed by atoms with Gasteiger partial charge in [0.15, 0.2) is 0 Å². The van der Waals surface area contributed by atoms with Crippen LogP contribution in [0.3, 0.4) is 0 Å². The first-order chi connectivity index (χ1) is 9.14. The summed E-state index contributed by atoms with van der Waals surface area (Å²) in [5.41, 5.74) is 0.624. The van der Waals surface area contributed by atoms with Crippen molar-refractivity contribution in [2.45, 2.75) is 50.7 Å². The Morgan fingerprint density at radius 1 is 1.26 bits per heavy atom. The van der Waals surface area contributed by atoms with E-state index in [-0.39, 0.29) is 6.04 Å². The van der Waals surface area contributed by atoms with Crippen molar-refractivity contribution in [3.63, 3.8) is 0 Å². The van der Waals surface area contributed by atoms with E-state index < -0.39 is 5.60 Å². The molecule has 1 aliphatic carbocycles. The lowest BCUT2D eigenvalue weighted by Gasteiger charge is -2.33. The molecular weight excluding hydrogens is 238 g/mol. The third-order valence-corrected chi connectivity index (χ3v) is 4.13. The van der Waals surface area contributed by atoms with E-state index in [9.17, 15) is 5.11 Å².